The molecule has 3 saturated carbocycles. The van der Waals surface area contributed by atoms with Gasteiger partial charge >= 0.3 is 0 Å². The van der Waals surface area contributed by atoms with Crippen molar-refractivity contribution < 1.29 is 23.9 Å². The third-order valence-corrected chi connectivity index (χ3v) is 8.52. The summed E-state index contributed by atoms with van der Waals surface area (Å²) in [5, 5.41) is 2.92. The van der Waals surface area contributed by atoms with Gasteiger partial charge < -0.3 is 10.1 Å². The van der Waals surface area contributed by atoms with Crippen molar-refractivity contribution in [3.8, 4) is 5.75 Å². The number of ether oxygens (including phenoxy) is 1. The van der Waals surface area contributed by atoms with Gasteiger partial charge in [-0.1, -0.05) is 26.0 Å². The van der Waals surface area contributed by atoms with Crippen LogP contribution in [-0.4, -0.2) is 30.4 Å². The highest BCUT2D eigenvalue weighted by Crippen LogP contribution is 2.60. The SMILES string of the molecule is COc1ccc(CNC(=O)CC[C@@]2(C)C(=O)CC[C@@H]3[C@@H]2C(=O)C[C@]2(C)C(=O)CC[C@@H]32)cc1. The number of nitrogens with one attached hydrogen (secondary N) is 1. The van der Waals surface area contributed by atoms with E-state index < -0.39 is 10.8 Å². The highest BCUT2D eigenvalue weighted by Gasteiger charge is 2.62. The number of methoxy groups -OCH3 is 1. The molecule has 6 nitrogen and oxygen atoms in total. The van der Waals surface area contributed by atoms with Crippen molar-refractivity contribution in [2.75, 3.05) is 7.11 Å². The van der Waals surface area contributed by atoms with Gasteiger partial charge in [0.15, 0.2) is 0 Å². The molecule has 0 radical (unpaired) electrons. The maximum Gasteiger partial charge on any atom is 0.220 e. The Bertz CT molecular complexity index is 938. The molecule has 0 aromatic heterocycles. The van der Waals surface area contributed by atoms with Crippen molar-refractivity contribution in [1.82, 2.24) is 5.32 Å². The van der Waals surface area contributed by atoms with Crippen molar-refractivity contribution in [2.24, 2.45) is 28.6 Å². The fraction of sp³-hybridized carbons (Fsp3) is 0.615. The summed E-state index contributed by atoms with van der Waals surface area (Å²) in [5.74, 6) is 0.831. The van der Waals surface area contributed by atoms with Crippen LogP contribution in [0.5, 0.6) is 5.75 Å². The van der Waals surface area contributed by atoms with Crippen molar-refractivity contribution >= 4 is 23.3 Å². The molecule has 1 N–H and O–H groups in total. The number of ketones is 3. The van der Waals surface area contributed by atoms with Gasteiger partial charge in [-0.2, -0.15) is 0 Å². The first kappa shape index (κ1) is 22.7. The molecule has 0 aliphatic heterocycles. The van der Waals surface area contributed by atoms with E-state index in [1.807, 2.05) is 38.1 Å². The molecular formula is C26H33NO5. The Morgan fingerprint density at radius 1 is 1.06 bits per heavy atom. The van der Waals surface area contributed by atoms with Gasteiger partial charge in [0, 0.05) is 49.0 Å². The molecule has 0 bridgehead atoms. The lowest BCUT2D eigenvalue weighted by atomic mass is 9.48. The first-order chi connectivity index (χ1) is 15.2. The van der Waals surface area contributed by atoms with E-state index in [2.05, 4.69) is 5.32 Å². The summed E-state index contributed by atoms with van der Waals surface area (Å²) in [6.07, 6.45) is 3.28. The highest BCUT2D eigenvalue weighted by atomic mass is 16.5. The lowest BCUT2D eigenvalue weighted by Crippen LogP contribution is -2.56. The number of benzene rings is 1. The molecule has 32 heavy (non-hydrogen) atoms. The average Bonchev–Trinajstić information content (AvgIpc) is 3.07. The van der Waals surface area contributed by atoms with E-state index >= 15 is 0 Å². The summed E-state index contributed by atoms with van der Waals surface area (Å²) in [6.45, 7) is 4.22. The minimum atomic E-state index is -0.829. The monoisotopic (exact) mass is 439 g/mol. The summed E-state index contributed by atoms with van der Waals surface area (Å²) in [4.78, 5) is 51.4. The van der Waals surface area contributed by atoms with Crippen molar-refractivity contribution in [3.63, 3.8) is 0 Å². The topological polar surface area (TPSA) is 89.5 Å². The second-order valence-corrected chi connectivity index (χ2v) is 10.3. The second-order valence-electron chi connectivity index (χ2n) is 10.3. The van der Waals surface area contributed by atoms with Gasteiger partial charge in [0.25, 0.3) is 0 Å². The molecule has 1 aromatic carbocycles. The van der Waals surface area contributed by atoms with Crippen molar-refractivity contribution in [3.05, 3.63) is 29.8 Å². The van der Waals surface area contributed by atoms with E-state index in [-0.39, 0.29) is 53.9 Å². The normalized spacial score (nSPS) is 34.1. The number of Topliss-reactive ketones (excluding diaryl/α,β-unsaturated/α-hetero) is 3. The summed E-state index contributed by atoms with van der Waals surface area (Å²) in [6, 6.07) is 7.49. The minimum Gasteiger partial charge on any atom is -0.497 e. The van der Waals surface area contributed by atoms with Crippen LogP contribution >= 0.6 is 0 Å². The van der Waals surface area contributed by atoms with E-state index in [1.165, 1.54) is 0 Å². The van der Waals surface area contributed by atoms with Crippen molar-refractivity contribution in [2.45, 2.75) is 65.3 Å². The molecule has 172 valence electrons. The van der Waals surface area contributed by atoms with Crippen LogP contribution in [0.15, 0.2) is 24.3 Å². The zero-order chi connectivity index (χ0) is 23.1. The van der Waals surface area contributed by atoms with Crippen LogP contribution in [0.3, 0.4) is 0 Å². The van der Waals surface area contributed by atoms with Gasteiger partial charge in [0.05, 0.1) is 7.11 Å². The van der Waals surface area contributed by atoms with Crippen molar-refractivity contribution in [1.29, 1.82) is 0 Å². The lowest BCUT2D eigenvalue weighted by Gasteiger charge is -2.52. The number of carbonyl (C=O) groups excluding carboxylic acids is 4. The quantitative estimate of drug-likeness (QED) is 0.731. The highest BCUT2D eigenvalue weighted by molar-refractivity contribution is 5.99. The first-order valence-corrected chi connectivity index (χ1v) is 11.7. The Morgan fingerprint density at radius 2 is 1.75 bits per heavy atom. The third-order valence-electron chi connectivity index (χ3n) is 8.52. The zero-order valence-corrected chi connectivity index (χ0v) is 19.2. The first-order valence-electron chi connectivity index (χ1n) is 11.7. The Balaban J connectivity index is 1.42. The molecule has 3 fully saturated rings. The van der Waals surface area contributed by atoms with Gasteiger partial charge in [-0.25, -0.2) is 0 Å². The molecule has 0 spiro atoms. The summed E-state index contributed by atoms with van der Waals surface area (Å²) < 4.78 is 5.15. The average molecular weight is 440 g/mol. The number of amides is 1. The van der Waals surface area contributed by atoms with Gasteiger partial charge in [-0.3, -0.25) is 19.2 Å². The van der Waals surface area contributed by atoms with Crippen LogP contribution in [0.4, 0.5) is 0 Å². The van der Waals surface area contributed by atoms with Crippen LogP contribution < -0.4 is 10.1 Å². The molecule has 0 unspecified atom stereocenters. The van der Waals surface area contributed by atoms with Gasteiger partial charge in [-0.15, -0.1) is 0 Å². The number of carbonyl (C=O) groups is 4. The van der Waals surface area contributed by atoms with E-state index in [4.69, 9.17) is 4.74 Å². The smallest absolute Gasteiger partial charge is 0.220 e. The summed E-state index contributed by atoms with van der Waals surface area (Å²) in [5.41, 5.74) is -0.425. The van der Waals surface area contributed by atoms with Crippen LogP contribution in [-0.2, 0) is 25.7 Å². The fourth-order valence-corrected chi connectivity index (χ4v) is 6.61. The van der Waals surface area contributed by atoms with Crippen LogP contribution in [0.25, 0.3) is 0 Å². The number of hydrogen-bond donors (Lipinski definition) is 1. The molecule has 3 aliphatic rings. The Hall–Kier alpha value is -2.50. The fourth-order valence-electron chi connectivity index (χ4n) is 6.61. The Labute approximate surface area is 189 Å². The lowest BCUT2D eigenvalue weighted by molar-refractivity contribution is -0.160. The predicted molar refractivity (Wildman–Crippen MR) is 119 cm³/mol. The molecule has 1 amide bonds. The van der Waals surface area contributed by atoms with Gasteiger partial charge in [-0.05, 0) is 48.8 Å². The van der Waals surface area contributed by atoms with E-state index in [0.717, 1.165) is 17.7 Å². The second kappa shape index (κ2) is 8.45. The van der Waals surface area contributed by atoms with Crippen LogP contribution in [0.1, 0.15) is 64.4 Å². The number of fused-ring (bicyclic) bond motifs is 3. The molecule has 0 saturated heterocycles. The minimum absolute atomic E-state index is 0.0400. The van der Waals surface area contributed by atoms with Crippen LogP contribution in [0, 0.1) is 28.6 Å². The van der Waals surface area contributed by atoms with E-state index in [0.29, 0.717) is 32.2 Å². The Morgan fingerprint density at radius 3 is 2.44 bits per heavy atom. The molecular weight excluding hydrogens is 406 g/mol. The zero-order valence-electron chi connectivity index (χ0n) is 19.2. The molecule has 3 aliphatic carbocycles. The van der Waals surface area contributed by atoms with Crippen LogP contribution in [0.2, 0.25) is 0 Å². The molecule has 6 heteroatoms. The predicted octanol–water partition coefficient (Wildman–Crippen LogP) is 3.65. The maximum atomic E-state index is 13.3. The summed E-state index contributed by atoms with van der Waals surface area (Å²) >= 11 is 0. The maximum absolute atomic E-state index is 13.3. The van der Waals surface area contributed by atoms with E-state index in [9.17, 15) is 19.2 Å². The van der Waals surface area contributed by atoms with Gasteiger partial charge in [0.2, 0.25) is 5.91 Å². The molecule has 4 rings (SSSR count). The largest absolute Gasteiger partial charge is 0.497 e. The number of rotatable bonds is 6. The Kier molecular flexibility index (Phi) is 5.99. The standard InChI is InChI=1S/C26H33NO5/c1-25(13-12-23(31)27-15-16-4-6-17(32-3)7-5-16)21(29)10-8-18-19-9-11-22(30)26(19,2)14-20(28)24(18)25/h4-7,18-19,24H,8-15H2,1-3H3,(H,27,31)/t18-,19-,24+,25-,26-/m0/s1. The molecule has 5 atom stereocenters. The van der Waals surface area contributed by atoms with Gasteiger partial charge in [0.1, 0.15) is 23.1 Å². The summed E-state index contributed by atoms with van der Waals surface area (Å²) in [7, 11) is 1.61. The van der Waals surface area contributed by atoms with E-state index in [1.54, 1.807) is 7.11 Å². The third kappa shape index (κ3) is 3.78. The molecule has 0 heterocycles. The molecule has 1 aromatic rings. The number of hydrogen-bond acceptors (Lipinski definition) is 5.